The zero-order chi connectivity index (χ0) is 14.8. The van der Waals surface area contributed by atoms with Gasteiger partial charge in [0.15, 0.2) is 0 Å². The summed E-state index contributed by atoms with van der Waals surface area (Å²) in [6.45, 7) is 2.47. The van der Waals surface area contributed by atoms with Gasteiger partial charge in [0, 0.05) is 36.8 Å². The van der Waals surface area contributed by atoms with E-state index in [4.69, 9.17) is 0 Å². The Kier molecular flexibility index (Phi) is 3.86. The predicted molar refractivity (Wildman–Crippen MR) is 92.2 cm³/mol. The van der Waals surface area contributed by atoms with Crippen LogP contribution < -0.4 is 5.32 Å². The third-order valence-corrected chi connectivity index (χ3v) is 5.13. The maximum atomic E-state index is 3.68. The van der Waals surface area contributed by atoms with Crippen molar-refractivity contribution in [1.29, 1.82) is 0 Å². The Bertz CT molecular complexity index is 588. The molecule has 2 fully saturated rings. The van der Waals surface area contributed by atoms with E-state index in [0.29, 0.717) is 6.04 Å². The summed E-state index contributed by atoms with van der Waals surface area (Å²) in [5.41, 5.74) is 2.78. The SMILES string of the molecule is c1ccc(NC2CCN(C3CC3c3ccccc3)CC2)cc1. The first-order valence-corrected chi connectivity index (χ1v) is 8.51. The minimum absolute atomic E-state index is 0.632. The van der Waals surface area contributed by atoms with E-state index in [0.717, 1.165) is 12.0 Å². The van der Waals surface area contributed by atoms with Crippen molar-refractivity contribution < 1.29 is 0 Å². The van der Waals surface area contributed by atoms with E-state index in [-0.39, 0.29) is 0 Å². The Morgan fingerprint density at radius 3 is 2.14 bits per heavy atom. The molecule has 1 heterocycles. The third-order valence-electron chi connectivity index (χ3n) is 5.13. The van der Waals surface area contributed by atoms with E-state index < -0.39 is 0 Å². The molecular formula is C20H24N2. The molecule has 1 saturated heterocycles. The first-order chi connectivity index (χ1) is 10.9. The molecule has 2 aromatic carbocycles. The lowest BCUT2D eigenvalue weighted by Crippen LogP contribution is -2.40. The van der Waals surface area contributed by atoms with Crippen molar-refractivity contribution in [3.63, 3.8) is 0 Å². The van der Waals surface area contributed by atoms with Gasteiger partial charge in [0.05, 0.1) is 0 Å². The minimum Gasteiger partial charge on any atom is -0.382 e. The molecule has 0 spiro atoms. The zero-order valence-electron chi connectivity index (χ0n) is 13.0. The molecule has 1 aliphatic heterocycles. The normalized spacial score (nSPS) is 25.8. The van der Waals surface area contributed by atoms with Crippen LogP contribution in [0.25, 0.3) is 0 Å². The third kappa shape index (κ3) is 3.02. The molecule has 0 radical (unpaired) electrons. The van der Waals surface area contributed by atoms with Gasteiger partial charge >= 0.3 is 0 Å². The molecule has 1 N–H and O–H groups in total. The largest absolute Gasteiger partial charge is 0.382 e. The highest BCUT2D eigenvalue weighted by molar-refractivity contribution is 5.43. The Hall–Kier alpha value is -1.80. The summed E-state index contributed by atoms with van der Waals surface area (Å²) in [5.74, 6) is 0.778. The Labute approximate surface area is 133 Å². The Morgan fingerprint density at radius 1 is 0.818 bits per heavy atom. The molecule has 114 valence electrons. The number of likely N-dealkylation sites (tertiary alicyclic amines) is 1. The monoisotopic (exact) mass is 292 g/mol. The number of benzene rings is 2. The lowest BCUT2D eigenvalue weighted by Gasteiger charge is -2.33. The average Bonchev–Trinajstić information content (AvgIpc) is 3.38. The van der Waals surface area contributed by atoms with Gasteiger partial charge in [-0.1, -0.05) is 48.5 Å². The molecule has 22 heavy (non-hydrogen) atoms. The number of nitrogens with one attached hydrogen (secondary N) is 1. The van der Waals surface area contributed by atoms with Crippen LogP contribution >= 0.6 is 0 Å². The number of hydrogen-bond donors (Lipinski definition) is 1. The number of piperidine rings is 1. The first-order valence-electron chi connectivity index (χ1n) is 8.51. The molecule has 2 aliphatic rings. The van der Waals surface area contributed by atoms with Gasteiger partial charge in [-0.3, -0.25) is 4.90 Å². The first kappa shape index (κ1) is 13.8. The summed E-state index contributed by atoms with van der Waals surface area (Å²) in [7, 11) is 0. The van der Waals surface area contributed by atoms with E-state index in [1.807, 2.05) is 0 Å². The van der Waals surface area contributed by atoms with Gasteiger partial charge in [-0.25, -0.2) is 0 Å². The van der Waals surface area contributed by atoms with Crippen molar-refractivity contribution in [2.45, 2.75) is 37.3 Å². The van der Waals surface area contributed by atoms with Gasteiger partial charge in [-0.05, 0) is 37.0 Å². The van der Waals surface area contributed by atoms with Gasteiger partial charge in [0.1, 0.15) is 0 Å². The highest BCUT2D eigenvalue weighted by Crippen LogP contribution is 2.45. The lowest BCUT2D eigenvalue weighted by atomic mass is 10.0. The second-order valence-corrected chi connectivity index (χ2v) is 6.64. The van der Waals surface area contributed by atoms with Crippen LogP contribution in [0.3, 0.4) is 0 Å². The summed E-state index contributed by atoms with van der Waals surface area (Å²) in [4.78, 5) is 2.71. The summed E-state index contributed by atoms with van der Waals surface area (Å²) in [6, 6.07) is 23.1. The fourth-order valence-electron chi connectivity index (χ4n) is 3.79. The zero-order valence-corrected chi connectivity index (χ0v) is 13.0. The fraction of sp³-hybridized carbons (Fsp3) is 0.400. The van der Waals surface area contributed by atoms with E-state index in [1.54, 1.807) is 0 Å². The molecule has 0 amide bonds. The van der Waals surface area contributed by atoms with Gasteiger partial charge in [-0.15, -0.1) is 0 Å². The second kappa shape index (κ2) is 6.13. The summed E-state index contributed by atoms with van der Waals surface area (Å²) < 4.78 is 0. The molecule has 1 saturated carbocycles. The van der Waals surface area contributed by atoms with Gasteiger partial charge < -0.3 is 5.32 Å². The van der Waals surface area contributed by atoms with Crippen LogP contribution in [0.4, 0.5) is 5.69 Å². The van der Waals surface area contributed by atoms with Crippen LogP contribution in [-0.2, 0) is 0 Å². The predicted octanol–water partition coefficient (Wildman–Crippen LogP) is 4.12. The van der Waals surface area contributed by atoms with Gasteiger partial charge in [0.25, 0.3) is 0 Å². The fourth-order valence-corrected chi connectivity index (χ4v) is 3.79. The van der Waals surface area contributed by atoms with Crippen molar-refractivity contribution in [3.05, 3.63) is 66.2 Å². The second-order valence-electron chi connectivity index (χ2n) is 6.64. The van der Waals surface area contributed by atoms with Crippen LogP contribution in [0.1, 0.15) is 30.7 Å². The minimum atomic E-state index is 0.632. The highest BCUT2D eigenvalue weighted by Gasteiger charge is 2.43. The Balaban J connectivity index is 1.28. The maximum Gasteiger partial charge on any atom is 0.0342 e. The maximum absolute atomic E-state index is 3.68. The number of rotatable bonds is 4. The number of hydrogen-bond acceptors (Lipinski definition) is 2. The topological polar surface area (TPSA) is 15.3 Å². The highest BCUT2D eigenvalue weighted by atomic mass is 15.2. The van der Waals surface area contributed by atoms with Crippen molar-refractivity contribution in [1.82, 2.24) is 4.90 Å². The number of anilines is 1. The summed E-state index contributed by atoms with van der Waals surface area (Å²) in [6.07, 6.45) is 3.86. The van der Waals surface area contributed by atoms with Crippen molar-refractivity contribution in [2.75, 3.05) is 18.4 Å². The molecule has 1 aliphatic carbocycles. The Morgan fingerprint density at radius 2 is 1.45 bits per heavy atom. The molecule has 4 rings (SSSR count). The molecule has 0 bridgehead atoms. The molecule has 2 nitrogen and oxygen atoms in total. The molecule has 0 aromatic heterocycles. The number of nitrogens with zero attached hydrogens (tertiary/aromatic N) is 1. The van der Waals surface area contributed by atoms with E-state index in [9.17, 15) is 0 Å². The molecule has 2 aromatic rings. The van der Waals surface area contributed by atoms with Gasteiger partial charge in [-0.2, -0.15) is 0 Å². The van der Waals surface area contributed by atoms with E-state index in [1.165, 1.54) is 43.6 Å². The lowest BCUT2D eigenvalue weighted by molar-refractivity contribution is 0.206. The average molecular weight is 292 g/mol. The summed E-state index contributed by atoms with van der Waals surface area (Å²) in [5, 5.41) is 3.68. The van der Waals surface area contributed by atoms with Crippen LogP contribution in [0.5, 0.6) is 0 Å². The van der Waals surface area contributed by atoms with Crippen molar-refractivity contribution in [2.24, 2.45) is 0 Å². The quantitative estimate of drug-likeness (QED) is 0.912. The molecule has 2 unspecified atom stereocenters. The van der Waals surface area contributed by atoms with Crippen LogP contribution in [0.15, 0.2) is 60.7 Å². The number of para-hydroxylation sites is 1. The molecule has 2 heteroatoms. The van der Waals surface area contributed by atoms with Crippen molar-refractivity contribution >= 4 is 5.69 Å². The standard InChI is InChI=1S/C20H24N2/c1-3-7-16(8-4-1)19-15-20(19)22-13-11-18(12-14-22)21-17-9-5-2-6-10-17/h1-10,18-21H,11-15H2. The molecular weight excluding hydrogens is 268 g/mol. The smallest absolute Gasteiger partial charge is 0.0342 e. The van der Waals surface area contributed by atoms with E-state index >= 15 is 0 Å². The van der Waals surface area contributed by atoms with Crippen molar-refractivity contribution in [3.8, 4) is 0 Å². The summed E-state index contributed by atoms with van der Waals surface area (Å²) >= 11 is 0. The van der Waals surface area contributed by atoms with Crippen LogP contribution in [0, 0.1) is 0 Å². The molecule has 2 atom stereocenters. The van der Waals surface area contributed by atoms with Crippen LogP contribution in [0.2, 0.25) is 0 Å². The van der Waals surface area contributed by atoms with E-state index in [2.05, 4.69) is 70.9 Å². The van der Waals surface area contributed by atoms with Crippen LogP contribution in [-0.4, -0.2) is 30.1 Å². The van der Waals surface area contributed by atoms with Gasteiger partial charge in [0.2, 0.25) is 0 Å².